The van der Waals surface area contributed by atoms with Crippen molar-refractivity contribution in [3.8, 4) is 17.0 Å². The van der Waals surface area contributed by atoms with Crippen molar-refractivity contribution in [2.45, 2.75) is 25.7 Å². The van der Waals surface area contributed by atoms with Crippen molar-refractivity contribution in [2.24, 2.45) is 0 Å². The highest BCUT2D eigenvalue weighted by molar-refractivity contribution is 5.96. The number of carbonyl (C=O) groups excluding carboxylic acids is 1. The molecule has 130 valence electrons. The molecule has 0 N–H and O–H groups in total. The lowest BCUT2D eigenvalue weighted by molar-refractivity contribution is 0.0599. The number of anilines is 1. The summed E-state index contributed by atoms with van der Waals surface area (Å²) in [6.45, 7) is 1.98. The number of rotatable bonds is 3. The van der Waals surface area contributed by atoms with E-state index < -0.39 is 0 Å². The van der Waals surface area contributed by atoms with E-state index in [0.29, 0.717) is 12.0 Å². The standard InChI is InChI=1S/C20H22N2O3/c1-24-14-6-7-15-13(10-14)11-16-17(20(23)25-2)12-18(21-19(15)16)22-8-4-3-5-9-22/h6-7,10,12H,3-5,8-9,11H2,1-2H3. The predicted octanol–water partition coefficient (Wildman–Crippen LogP) is 3.44. The molecule has 0 bridgehead atoms. The number of methoxy groups -OCH3 is 2. The SMILES string of the molecule is COC(=O)c1cc(N2CCCCC2)nc2c1Cc1cc(OC)ccc1-2. The van der Waals surface area contributed by atoms with Crippen molar-refractivity contribution >= 4 is 11.8 Å². The molecule has 0 radical (unpaired) electrons. The third kappa shape index (κ3) is 2.73. The number of ether oxygens (including phenoxy) is 2. The van der Waals surface area contributed by atoms with Crippen molar-refractivity contribution in [3.63, 3.8) is 0 Å². The number of nitrogens with zero attached hydrogens (tertiary/aromatic N) is 2. The van der Waals surface area contributed by atoms with E-state index in [-0.39, 0.29) is 5.97 Å². The zero-order valence-electron chi connectivity index (χ0n) is 14.7. The first kappa shape index (κ1) is 15.9. The molecule has 0 atom stereocenters. The summed E-state index contributed by atoms with van der Waals surface area (Å²) in [5.74, 6) is 1.40. The van der Waals surface area contributed by atoms with Gasteiger partial charge in [-0.1, -0.05) is 0 Å². The molecule has 5 heteroatoms. The number of hydrogen-bond acceptors (Lipinski definition) is 5. The van der Waals surface area contributed by atoms with Crippen LogP contribution in [0.4, 0.5) is 5.82 Å². The van der Waals surface area contributed by atoms with Crippen molar-refractivity contribution in [1.82, 2.24) is 4.98 Å². The van der Waals surface area contributed by atoms with Crippen molar-refractivity contribution in [1.29, 1.82) is 0 Å². The van der Waals surface area contributed by atoms with E-state index in [9.17, 15) is 4.79 Å². The molecule has 2 heterocycles. The second-order valence-electron chi connectivity index (χ2n) is 6.59. The quantitative estimate of drug-likeness (QED) is 0.685. The molecular weight excluding hydrogens is 316 g/mol. The molecule has 0 unspecified atom stereocenters. The molecule has 1 saturated heterocycles. The Morgan fingerprint density at radius 1 is 1.12 bits per heavy atom. The molecule has 0 saturated carbocycles. The lowest BCUT2D eigenvalue weighted by Gasteiger charge is -2.28. The fourth-order valence-electron chi connectivity index (χ4n) is 3.80. The molecule has 1 aromatic heterocycles. The van der Waals surface area contributed by atoms with Gasteiger partial charge in [-0.25, -0.2) is 9.78 Å². The smallest absolute Gasteiger partial charge is 0.338 e. The Hall–Kier alpha value is -2.56. The van der Waals surface area contributed by atoms with Crippen LogP contribution in [0.15, 0.2) is 24.3 Å². The van der Waals surface area contributed by atoms with Gasteiger partial charge in [-0.05, 0) is 54.7 Å². The van der Waals surface area contributed by atoms with Gasteiger partial charge in [0, 0.05) is 25.1 Å². The summed E-state index contributed by atoms with van der Waals surface area (Å²) < 4.78 is 10.4. The number of hydrogen-bond donors (Lipinski definition) is 0. The Morgan fingerprint density at radius 2 is 1.92 bits per heavy atom. The average Bonchev–Trinajstić information content (AvgIpc) is 3.04. The zero-order chi connectivity index (χ0) is 17.4. The summed E-state index contributed by atoms with van der Waals surface area (Å²) in [6.07, 6.45) is 4.27. The lowest BCUT2D eigenvalue weighted by Crippen LogP contribution is -2.30. The van der Waals surface area contributed by atoms with Crippen LogP contribution < -0.4 is 9.64 Å². The molecule has 0 amide bonds. The van der Waals surface area contributed by atoms with Crippen LogP contribution in [0.5, 0.6) is 5.75 Å². The van der Waals surface area contributed by atoms with E-state index in [1.165, 1.54) is 26.4 Å². The van der Waals surface area contributed by atoms with E-state index in [2.05, 4.69) is 4.90 Å². The number of pyridine rings is 1. The molecule has 1 aliphatic heterocycles. The van der Waals surface area contributed by atoms with Gasteiger partial charge in [0.05, 0.1) is 25.5 Å². The van der Waals surface area contributed by atoms with Gasteiger partial charge in [0.15, 0.2) is 0 Å². The number of esters is 1. The predicted molar refractivity (Wildman–Crippen MR) is 96.4 cm³/mol. The highest BCUT2D eigenvalue weighted by Gasteiger charge is 2.28. The summed E-state index contributed by atoms with van der Waals surface area (Å²) in [5, 5.41) is 0. The van der Waals surface area contributed by atoms with E-state index in [4.69, 9.17) is 14.5 Å². The molecule has 0 spiro atoms. The van der Waals surface area contributed by atoms with Crippen LogP contribution in [0.25, 0.3) is 11.3 Å². The number of piperidine rings is 1. The molecule has 1 aliphatic carbocycles. The Bertz CT molecular complexity index is 826. The first-order chi connectivity index (χ1) is 12.2. The number of fused-ring (bicyclic) bond motifs is 3. The second-order valence-corrected chi connectivity index (χ2v) is 6.59. The van der Waals surface area contributed by atoms with Gasteiger partial charge in [0.2, 0.25) is 0 Å². The molecule has 2 aliphatic rings. The zero-order valence-corrected chi connectivity index (χ0v) is 14.7. The van der Waals surface area contributed by atoms with Crippen molar-refractivity contribution in [2.75, 3.05) is 32.2 Å². The van der Waals surface area contributed by atoms with Gasteiger partial charge in [0.25, 0.3) is 0 Å². The van der Waals surface area contributed by atoms with Crippen LogP contribution in [-0.2, 0) is 11.2 Å². The monoisotopic (exact) mass is 338 g/mol. The van der Waals surface area contributed by atoms with E-state index in [1.54, 1.807) is 7.11 Å². The number of benzene rings is 1. The van der Waals surface area contributed by atoms with Gasteiger partial charge >= 0.3 is 5.97 Å². The lowest BCUT2D eigenvalue weighted by atomic mass is 10.1. The van der Waals surface area contributed by atoms with Gasteiger partial charge < -0.3 is 14.4 Å². The minimum absolute atomic E-state index is 0.295. The van der Waals surface area contributed by atoms with Crippen LogP contribution in [0.3, 0.4) is 0 Å². The van der Waals surface area contributed by atoms with Crippen LogP contribution in [-0.4, -0.2) is 38.3 Å². The molecule has 5 nitrogen and oxygen atoms in total. The normalized spacial score (nSPS) is 15.5. The highest BCUT2D eigenvalue weighted by atomic mass is 16.5. The molecule has 25 heavy (non-hydrogen) atoms. The topological polar surface area (TPSA) is 51.7 Å². The van der Waals surface area contributed by atoms with Crippen molar-refractivity contribution < 1.29 is 14.3 Å². The summed E-state index contributed by atoms with van der Waals surface area (Å²) in [6, 6.07) is 7.91. The maximum absolute atomic E-state index is 12.4. The Kier molecular flexibility index (Phi) is 4.07. The number of carbonyl (C=O) groups is 1. The summed E-state index contributed by atoms with van der Waals surface area (Å²) >= 11 is 0. The minimum atomic E-state index is -0.295. The maximum atomic E-state index is 12.4. The Morgan fingerprint density at radius 3 is 2.64 bits per heavy atom. The summed E-state index contributed by atoms with van der Waals surface area (Å²) in [5.41, 5.74) is 4.71. The van der Waals surface area contributed by atoms with E-state index in [1.807, 2.05) is 24.3 Å². The Balaban J connectivity index is 1.84. The number of aromatic nitrogens is 1. The molecule has 1 fully saturated rings. The van der Waals surface area contributed by atoms with Crippen LogP contribution in [0.1, 0.15) is 40.7 Å². The van der Waals surface area contributed by atoms with Crippen LogP contribution in [0, 0.1) is 0 Å². The average molecular weight is 338 g/mol. The van der Waals surface area contributed by atoms with E-state index in [0.717, 1.165) is 47.0 Å². The van der Waals surface area contributed by atoms with Crippen LogP contribution in [0.2, 0.25) is 0 Å². The van der Waals surface area contributed by atoms with Gasteiger partial charge in [-0.3, -0.25) is 0 Å². The first-order valence-corrected chi connectivity index (χ1v) is 8.75. The molecule has 2 aromatic rings. The first-order valence-electron chi connectivity index (χ1n) is 8.75. The van der Waals surface area contributed by atoms with Gasteiger partial charge in [0.1, 0.15) is 11.6 Å². The third-order valence-electron chi connectivity index (χ3n) is 5.13. The Labute approximate surface area is 147 Å². The largest absolute Gasteiger partial charge is 0.497 e. The summed E-state index contributed by atoms with van der Waals surface area (Å²) in [7, 11) is 3.09. The molecule has 1 aromatic carbocycles. The van der Waals surface area contributed by atoms with Crippen molar-refractivity contribution in [3.05, 3.63) is 41.0 Å². The van der Waals surface area contributed by atoms with Gasteiger partial charge in [-0.15, -0.1) is 0 Å². The minimum Gasteiger partial charge on any atom is -0.497 e. The van der Waals surface area contributed by atoms with Crippen LogP contribution >= 0.6 is 0 Å². The maximum Gasteiger partial charge on any atom is 0.338 e. The van der Waals surface area contributed by atoms with Gasteiger partial charge in [-0.2, -0.15) is 0 Å². The second kappa shape index (κ2) is 6.39. The molecule has 4 rings (SSSR count). The summed E-state index contributed by atoms with van der Waals surface area (Å²) in [4.78, 5) is 19.6. The fourth-order valence-corrected chi connectivity index (χ4v) is 3.80. The third-order valence-corrected chi connectivity index (χ3v) is 5.13. The molecular formula is C20H22N2O3. The van der Waals surface area contributed by atoms with E-state index >= 15 is 0 Å². The highest BCUT2D eigenvalue weighted by Crippen LogP contribution is 2.40. The fraction of sp³-hybridized carbons (Fsp3) is 0.400.